The molecule has 96 valence electrons. The van der Waals surface area contributed by atoms with Gasteiger partial charge in [0, 0.05) is 21.8 Å². The van der Waals surface area contributed by atoms with Gasteiger partial charge >= 0.3 is 0 Å². The van der Waals surface area contributed by atoms with Crippen LogP contribution in [-0.4, -0.2) is 17.1 Å². The van der Waals surface area contributed by atoms with Gasteiger partial charge in [0.25, 0.3) is 0 Å². The number of hydrogen-bond acceptors (Lipinski definition) is 3. The van der Waals surface area contributed by atoms with E-state index in [2.05, 4.69) is 27.8 Å². The van der Waals surface area contributed by atoms with E-state index in [4.69, 9.17) is 10.5 Å². The van der Waals surface area contributed by atoms with Crippen molar-refractivity contribution in [2.75, 3.05) is 6.61 Å². The fraction of sp³-hybridized carbons (Fsp3) is 0.615. The lowest BCUT2D eigenvalue weighted by Gasteiger charge is -2.23. The number of nitrogens with two attached hydrogens (primary N) is 1. The third-order valence-electron chi connectivity index (χ3n) is 2.38. The molecule has 3 nitrogen and oxygen atoms in total. The van der Waals surface area contributed by atoms with Crippen molar-refractivity contribution in [2.45, 2.75) is 39.7 Å². The number of rotatable bonds is 5. The molecule has 1 atom stereocenters. The van der Waals surface area contributed by atoms with Crippen molar-refractivity contribution in [3.05, 3.63) is 22.3 Å². The van der Waals surface area contributed by atoms with Gasteiger partial charge in [0.15, 0.2) is 0 Å². The fourth-order valence-electron chi connectivity index (χ4n) is 1.86. The summed E-state index contributed by atoms with van der Waals surface area (Å²) in [5.41, 5.74) is 6.87. The van der Waals surface area contributed by atoms with Crippen molar-refractivity contribution >= 4 is 15.9 Å². The maximum Gasteiger partial charge on any atom is 0.216 e. The van der Waals surface area contributed by atoms with E-state index in [1.807, 2.05) is 26.8 Å². The Morgan fingerprint density at radius 3 is 2.71 bits per heavy atom. The topological polar surface area (TPSA) is 48.1 Å². The Labute approximate surface area is 112 Å². The maximum absolute atomic E-state index is 5.98. The molecule has 0 bridgehead atoms. The van der Waals surface area contributed by atoms with Crippen molar-refractivity contribution in [2.24, 2.45) is 11.7 Å². The summed E-state index contributed by atoms with van der Waals surface area (Å²) in [4.78, 5) is 4.25. The Balaban J connectivity index is 2.50. The minimum atomic E-state index is -0.148. The van der Waals surface area contributed by atoms with E-state index in [1.54, 1.807) is 6.20 Å². The molecule has 0 spiro atoms. The van der Waals surface area contributed by atoms with Crippen molar-refractivity contribution < 1.29 is 4.74 Å². The van der Waals surface area contributed by atoms with Crippen molar-refractivity contribution in [3.63, 3.8) is 0 Å². The van der Waals surface area contributed by atoms with E-state index in [9.17, 15) is 0 Å². The van der Waals surface area contributed by atoms with Gasteiger partial charge in [-0.25, -0.2) is 4.98 Å². The highest BCUT2D eigenvalue weighted by Crippen LogP contribution is 2.20. The van der Waals surface area contributed by atoms with Crippen LogP contribution >= 0.6 is 15.9 Å². The van der Waals surface area contributed by atoms with Crippen molar-refractivity contribution in [3.8, 4) is 5.88 Å². The van der Waals surface area contributed by atoms with Gasteiger partial charge in [-0.2, -0.15) is 0 Å². The highest BCUT2D eigenvalue weighted by molar-refractivity contribution is 9.10. The molecule has 0 aliphatic rings. The Kier molecular flexibility index (Phi) is 4.95. The van der Waals surface area contributed by atoms with Crippen LogP contribution < -0.4 is 10.5 Å². The van der Waals surface area contributed by atoms with E-state index < -0.39 is 0 Å². The first-order valence-corrected chi connectivity index (χ1v) is 6.61. The van der Waals surface area contributed by atoms with Crippen LogP contribution in [0.25, 0.3) is 0 Å². The first-order chi connectivity index (χ1) is 7.78. The van der Waals surface area contributed by atoms with Crippen molar-refractivity contribution in [1.82, 2.24) is 4.98 Å². The number of aromatic nitrogens is 1. The zero-order chi connectivity index (χ0) is 13.1. The number of aryl methyl sites for hydroxylation is 1. The Morgan fingerprint density at radius 1 is 1.53 bits per heavy atom. The first kappa shape index (κ1) is 14.5. The molecule has 1 heterocycles. The molecule has 0 aromatic carbocycles. The molecular formula is C13H21BrN2O. The summed E-state index contributed by atoms with van der Waals surface area (Å²) in [6.07, 6.45) is 2.68. The van der Waals surface area contributed by atoms with Gasteiger partial charge in [-0.15, -0.1) is 0 Å². The predicted octanol–water partition coefficient (Wildman–Crippen LogP) is 3.29. The largest absolute Gasteiger partial charge is 0.477 e. The number of halogens is 1. The van der Waals surface area contributed by atoms with Crippen LogP contribution in [-0.2, 0) is 0 Å². The monoisotopic (exact) mass is 300 g/mol. The van der Waals surface area contributed by atoms with Crippen LogP contribution in [0.5, 0.6) is 5.88 Å². The summed E-state index contributed by atoms with van der Waals surface area (Å²) in [7, 11) is 0. The zero-order valence-electron chi connectivity index (χ0n) is 11.0. The summed E-state index contributed by atoms with van der Waals surface area (Å²) in [6.45, 7) is 8.85. The lowest BCUT2D eigenvalue weighted by atomic mass is 9.93. The quantitative estimate of drug-likeness (QED) is 0.908. The summed E-state index contributed by atoms with van der Waals surface area (Å²) >= 11 is 3.38. The molecule has 0 radical (unpaired) electrons. The molecule has 0 saturated carbocycles. The Hall–Kier alpha value is -0.610. The number of pyridine rings is 1. The number of ether oxygens (including phenoxy) is 1. The highest BCUT2D eigenvalue weighted by Gasteiger charge is 2.16. The van der Waals surface area contributed by atoms with Crippen molar-refractivity contribution in [1.29, 1.82) is 0 Å². The van der Waals surface area contributed by atoms with Crippen LogP contribution in [0.3, 0.4) is 0 Å². The van der Waals surface area contributed by atoms with E-state index in [0.717, 1.165) is 16.5 Å². The average Bonchev–Trinajstić information content (AvgIpc) is 2.13. The number of hydrogen-bond donors (Lipinski definition) is 1. The molecule has 17 heavy (non-hydrogen) atoms. The zero-order valence-corrected chi connectivity index (χ0v) is 12.5. The molecule has 1 aromatic heterocycles. The van der Waals surface area contributed by atoms with E-state index >= 15 is 0 Å². The molecular weight excluding hydrogens is 280 g/mol. The smallest absolute Gasteiger partial charge is 0.216 e. The molecule has 0 saturated heterocycles. The third kappa shape index (κ3) is 5.50. The highest BCUT2D eigenvalue weighted by atomic mass is 79.9. The summed E-state index contributed by atoms with van der Waals surface area (Å²) in [5, 5.41) is 0. The van der Waals surface area contributed by atoms with Gasteiger partial charge in [-0.1, -0.05) is 6.92 Å². The Bertz CT molecular complexity index is 374. The van der Waals surface area contributed by atoms with Gasteiger partial charge < -0.3 is 10.5 Å². The lowest BCUT2D eigenvalue weighted by Crippen LogP contribution is -2.35. The van der Waals surface area contributed by atoms with Crippen LogP contribution in [0.1, 0.15) is 32.8 Å². The van der Waals surface area contributed by atoms with Crippen LogP contribution in [0.15, 0.2) is 16.7 Å². The predicted molar refractivity (Wildman–Crippen MR) is 74.2 cm³/mol. The minimum absolute atomic E-state index is 0.148. The molecule has 2 N–H and O–H groups in total. The summed E-state index contributed by atoms with van der Waals surface area (Å²) in [6, 6.07) is 2.00. The summed E-state index contributed by atoms with van der Waals surface area (Å²) in [5.74, 6) is 1.12. The normalized spacial score (nSPS) is 13.5. The molecule has 0 aliphatic carbocycles. The third-order valence-corrected chi connectivity index (χ3v) is 2.81. The second-order valence-corrected chi connectivity index (χ2v) is 6.30. The van der Waals surface area contributed by atoms with E-state index in [1.165, 1.54) is 0 Å². The Morgan fingerprint density at radius 2 is 2.18 bits per heavy atom. The van der Waals surface area contributed by atoms with Crippen LogP contribution in [0.2, 0.25) is 0 Å². The minimum Gasteiger partial charge on any atom is -0.477 e. The van der Waals surface area contributed by atoms with Crippen LogP contribution in [0, 0.1) is 12.8 Å². The van der Waals surface area contributed by atoms with Crippen LogP contribution in [0.4, 0.5) is 0 Å². The first-order valence-electron chi connectivity index (χ1n) is 5.82. The molecule has 0 aliphatic heterocycles. The molecule has 1 rings (SSSR count). The van der Waals surface area contributed by atoms with Gasteiger partial charge in [-0.05, 0) is 55.1 Å². The second-order valence-electron chi connectivity index (χ2n) is 5.38. The molecule has 0 amide bonds. The average molecular weight is 301 g/mol. The molecule has 1 unspecified atom stereocenters. The number of nitrogens with zero attached hydrogens (tertiary/aromatic N) is 1. The maximum atomic E-state index is 5.98. The van der Waals surface area contributed by atoms with Gasteiger partial charge in [0.2, 0.25) is 5.88 Å². The molecule has 1 aromatic rings. The molecule has 0 fully saturated rings. The van der Waals surface area contributed by atoms with E-state index in [0.29, 0.717) is 18.4 Å². The van der Waals surface area contributed by atoms with Gasteiger partial charge in [-0.3, -0.25) is 0 Å². The SMILES string of the molecule is Cc1cc(Br)cnc1OCC(C)CC(C)(C)N. The van der Waals surface area contributed by atoms with E-state index in [-0.39, 0.29) is 5.54 Å². The molecule has 4 heteroatoms. The lowest BCUT2D eigenvalue weighted by molar-refractivity contribution is 0.221. The van der Waals surface area contributed by atoms with Gasteiger partial charge in [0.05, 0.1) is 6.61 Å². The van der Waals surface area contributed by atoms with Gasteiger partial charge in [0.1, 0.15) is 0 Å². The second kappa shape index (κ2) is 5.83. The summed E-state index contributed by atoms with van der Waals surface area (Å²) < 4.78 is 6.68. The standard InChI is InChI=1S/C13H21BrN2O/c1-9(6-13(3,4)15)8-17-12-10(2)5-11(14)7-16-12/h5,7,9H,6,8,15H2,1-4H3. The fourth-order valence-corrected chi connectivity index (χ4v) is 2.30.